The summed E-state index contributed by atoms with van der Waals surface area (Å²) < 4.78 is 41.9. The van der Waals surface area contributed by atoms with E-state index in [0.29, 0.717) is 11.0 Å². The van der Waals surface area contributed by atoms with Crippen molar-refractivity contribution in [2.24, 2.45) is 0 Å². The molecule has 0 saturated heterocycles. The first-order chi connectivity index (χ1) is 9.88. The molecule has 0 radical (unpaired) electrons. The molecule has 1 heterocycles. The summed E-state index contributed by atoms with van der Waals surface area (Å²) in [5.74, 6) is 0. The van der Waals surface area contributed by atoms with Gasteiger partial charge in [0.05, 0.1) is 22.3 Å². The third kappa shape index (κ3) is 2.51. The van der Waals surface area contributed by atoms with Gasteiger partial charge in [-0.1, -0.05) is 28.1 Å². The molecule has 2 nitrogen and oxygen atoms in total. The molecule has 21 heavy (non-hydrogen) atoms. The van der Waals surface area contributed by atoms with Crippen LogP contribution in [0.2, 0.25) is 0 Å². The lowest BCUT2D eigenvalue weighted by Crippen LogP contribution is -2.10. The summed E-state index contributed by atoms with van der Waals surface area (Å²) in [7, 11) is 0. The number of hydrogen-bond donors (Lipinski definition) is 1. The minimum absolute atomic E-state index is 0.0133. The van der Waals surface area contributed by atoms with E-state index >= 15 is 0 Å². The van der Waals surface area contributed by atoms with E-state index in [4.69, 9.17) is 12.2 Å². The van der Waals surface area contributed by atoms with Crippen LogP contribution in [-0.4, -0.2) is 9.55 Å². The summed E-state index contributed by atoms with van der Waals surface area (Å²) in [6, 6.07) is 10.7. The van der Waals surface area contributed by atoms with Gasteiger partial charge in [-0.15, -0.1) is 0 Å². The lowest BCUT2D eigenvalue weighted by molar-refractivity contribution is -0.137. The molecule has 0 amide bonds. The maximum atomic E-state index is 13.2. The van der Waals surface area contributed by atoms with Crippen molar-refractivity contribution in [3.05, 3.63) is 57.3 Å². The zero-order chi connectivity index (χ0) is 15.2. The second kappa shape index (κ2) is 4.99. The van der Waals surface area contributed by atoms with Crippen LogP contribution in [0.15, 0.2) is 46.9 Å². The molecule has 1 aromatic heterocycles. The van der Waals surface area contributed by atoms with Crippen LogP contribution in [0.25, 0.3) is 16.7 Å². The molecule has 3 aromatic rings. The van der Waals surface area contributed by atoms with Crippen LogP contribution < -0.4 is 0 Å². The average molecular weight is 373 g/mol. The van der Waals surface area contributed by atoms with E-state index in [9.17, 15) is 13.2 Å². The van der Waals surface area contributed by atoms with Gasteiger partial charge in [0.25, 0.3) is 0 Å². The minimum atomic E-state index is -4.44. The van der Waals surface area contributed by atoms with Crippen LogP contribution in [-0.2, 0) is 6.18 Å². The first-order valence-corrected chi connectivity index (χ1v) is 7.15. The Bertz CT molecular complexity index is 880. The summed E-state index contributed by atoms with van der Waals surface area (Å²) in [4.78, 5) is 2.92. The van der Waals surface area contributed by atoms with E-state index in [2.05, 4.69) is 20.9 Å². The topological polar surface area (TPSA) is 20.7 Å². The van der Waals surface area contributed by atoms with E-state index in [1.165, 1.54) is 16.7 Å². The van der Waals surface area contributed by atoms with Crippen LogP contribution in [0.1, 0.15) is 5.56 Å². The highest BCUT2D eigenvalue weighted by Gasteiger charge is 2.34. The van der Waals surface area contributed by atoms with Gasteiger partial charge in [0, 0.05) is 4.47 Å². The molecular formula is C14H8BrF3N2S. The summed E-state index contributed by atoms with van der Waals surface area (Å²) in [6.07, 6.45) is -4.44. The number of aromatic amines is 1. The minimum Gasteiger partial charge on any atom is -0.330 e. The van der Waals surface area contributed by atoms with Gasteiger partial charge in [0.2, 0.25) is 0 Å². The molecule has 0 bridgehead atoms. The third-order valence-corrected chi connectivity index (χ3v) is 3.87. The van der Waals surface area contributed by atoms with Crippen molar-refractivity contribution in [1.82, 2.24) is 9.55 Å². The predicted molar refractivity (Wildman–Crippen MR) is 81.2 cm³/mol. The van der Waals surface area contributed by atoms with Crippen LogP contribution in [0.5, 0.6) is 0 Å². The summed E-state index contributed by atoms with van der Waals surface area (Å²) in [5.41, 5.74) is 0.563. The summed E-state index contributed by atoms with van der Waals surface area (Å²) in [6.45, 7) is 0. The standard InChI is InChI=1S/C14H8BrF3N2S/c15-8-5-6-10-12(7-8)20(13(21)19-10)11-4-2-1-3-9(11)14(16,17)18/h1-7H,(H,19,21). The second-order valence-electron chi connectivity index (χ2n) is 4.44. The monoisotopic (exact) mass is 372 g/mol. The lowest BCUT2D eigenvalue weighted by Gasteiger charge is -2.14. The van der Waals surface area contributed by atoms with Gasteiger partial charge >= 0.3 is 6.18 Å². The third-order valence-electron chi connectivity index (χ3n) is 3.10. The number of alkyl halides is 3. The van der Waals surface area contributed by atoms with Gasteiger partial charge < -0.3 is 4.98 Å². The van der Waals surface area contributed by atoms with Crippen LogP contribution in [0.3, 0.4) is 0 Å². The zero-order valence-corrected chi connectivity index (χ0v) is 12.8. The molecular weight excluding hydrogens is 365 g/mol. The molecule has 1 N–H and O–H groups in total. The summed E-state index contributed by atoms with van der Waals surface area (Å²) in [5, 5.41) is 0. The highest BCUT2D eigenvalue weighted by Crippen LogP contribution is 2.35. The molecule has 0 saturated carbocycles. The largest absolute Gasteiger partial charge is 0.418 e. The number of nitrogens with zero attached hydrogens (tertiary/aromatic N) is 1. The van der Waals surface area contributed by atoms with Crippen molar-refractivity contribution >= 4 is 39.2 Å². The maximum absolute atomic E-state index is 13.2. The highest BCUT2D eigenvalue weighted by molar-refractivity contribution is 9.10. The van der Waals surface area contributed by atoms with Crippen LogP contribution in [0.4, 0.5) is 13.2 Å². The average Bonchev–Trinajstić information content (AvgIpc) is 2.73. The molecule has 7 heteroatoms. The number of nitrogens with one attached hydrogen (secondary N) is 1. The Morgan fingerprint density at radius 1 is 1.10 bits per heavy atom. The fourth-order valence-electron chi connectivity index (χ4n) is 2.22. The van der Waals surface area contributed by atoms with Gasteiger partial charge in [-0.3, -0.25) is 4.57 Å². The highest BCUT2D eigenvalue weighted by atomic mass is 79.9. The number of halogens is 4. The lowest BCUT2D eigenvalue weighted by atomic mass is 10.1. The van der Waals surface area contributed by atoms with Crippen molar-refractivity contribution in [1.29, 1.82) is 0 Å². The Morgan fingerprint density at radius 2 is 1.81 bits per heavy atom. The smallest absolute Gasteiger partial charge is 0.330 e. The first-order valence-electron chi connectivity index (χ1n) is 5.95. The van der Waals surface area contributed by atoms with E-state index in [-0.39, 0.29) is 10.5 Å². The van der Waals surface area contributed by atoms with E-state index in [0.717, 1.165) is 10.5 Å². The molecule has 2 aromatic carbocycles. The van der Waals surface area contributed by atoms with Crippen molar-refractivity contribution in [3.8, 4) is 5.69 Å². The summed E-state index contributed by atoms with van der Waals surface area (Å²) >= 11 is 8.51. The zero-order valence-electron chi connectivity index (χ0n) is 10.4. The van der Waals surface area contributed by atoms with Gasteiger partial charge in [-0.05, 0) is 42.5 Å². The SMILES string of the molecule is FC(F)(F)c1ccccc1-n1c(=S)[nH]c2ccc(Br)cc21. The van der Waals surface area contributed by atoms with E-state index in [1.54, 1.807) is 24.3 Å². The van der Waals surface area contributed by atoms with Crippen molar-refractivity contribution in [3.63, 3.8) is 0 Å². The Morgan fingerprint density at radius 3 is 2.52 bits per heavy atom. The Labute approximate surface area is 131 Å². The number of H-pyrrole nitrogens is 1. The van der Waals surface area contributed by atoms with E-state index < -0.39 is 11.7 Å². The fraction of sp³-hybridized carbons (Fsp3) is 0.0714. The molecule has 0 atom stereocenters. The first kappa shape index (κ1) is 14.3. The Hall–Kier alpha value is -1.60. The van der Waals surface area contributed by atoms with Gasteiger partial charge in [0.1, 0.15) is 0 Å². The molecule has 0 fully saturated rings. The number of fused-ring (bicyclic) bond motifs is 1. The molecule has 0 aliphatic heterocycles. The van der Waals surface area contributed by atoms with Gasteiger partial charge in [0.15, 0.2) is 4.77 Å². The van der Waals surface area contributed by atoms with Crippen LogP contribution >= 0.6 is 28.1 Å². The van der Waals surface area contributed by atoms with Gasteiger partial charge in [-0.25, -0.2) is 0 Å². The number of imidazole rings is 1. The molecule has 0 aliphatic carbocycles. The maximum Gasteiger partial charge on any atom is 0.418 e. The molecule has 0 aliphatic rings. The number of para-hydroxylation sites is 1. The number of aromatic nitrogens is 2. The Balaban J connectivity index is 2.39. The van der Waals surface area contributed by atoms with Gasteiger partial charge in [-0.2, -0.15) is 13.2 Å². The molecule has 0 unspecified atom stereocenters. The van der Waals surface area contributed by atoms with Crippen molar-refractivity contribution in [2.45, 2.75) is 6.18 Å². The fourth-order valence-corrected chi connectivity index (χ4v) is 2.88. The second-order valence-corrected chi connectivity index (χ2v) is 5.74. The number of benzene rings is 2. The van der Waals surface area contributed by atoms with Crippen molar-refractivity contribution in [2.75, 3.05) is 0 Å². The normalized spacial score (nSPS) is 12.0. The number of rotatable bonds is 1. The van der Waals surface area contributed by atoms with Crippen molar-refractivity contribution < 1.29 is 13.2 Å². The van der Waals surface area contributed by atoms with Crippen LogP contribution in [0, 0.1) is 4.77 Å². The Kier molecular flexibility index (Phi) is 3.41. The quantitative estimate of drug-likeness (QED) is 0.561. The number of hydrogen-bond acceptors (Lipinski definition) is 1. The predicted octanol–water partition coefficient (Wildman–Crippen LogP) is 5.47. The van der Waals surface area contributed by atoms with E-state index in [1.807, 2.05) is 0 Å². The molecule has 108 valence electrons. The molecule has 0 spiro atoms. The molecule has 3 rings (SSSR count).